The van der Waals surface area contributed by atoms with E-state index < -0.39 is 17.7 Å². The van der Waals surface area contributed by atoms with Crippen molar-refractivity contribution in [3.05, 3.63) is 65.6 Å². The molecule has 1 aromatic heterocycles. The van der Waals surface area contributed by atoms with Gasteiger partial charge in [-0.15, -0.1) is 0 Å². The van der Waals surface area contributed by atoms with Crippen LogP contribution in [0.15, 0.2) is 48.7 Å². The van der Waals surface area contributed by atoms with Crippen LogP contribution >= 0.6 is 0 Å². The molecule has 29 heavy (non-hydrogen) atoms. The van der Waals surface area contributed by atoms with Crippen molar-refractivity contribution in [1.82, 2.24) is 15.1 Å². The van der Waals surface area contributed by atoms with Crippen LogP contribution in [0.2, 0.25) is 0 Å². The van der Waals surface area contributed by atoms with Crippen LogP contribution in [0.5, 0.6) is 0 Å². The average molecular weight is 397 g/mol. The monoisotopic (exact) mass is 397 g/mol. The Balaban J connectivity index is 1.53. The van der Waals surface area contributed by atoms with Gasteiger partial charge in [0.25, 0.3) is 0 Å². The highest BCUT2D eigenvalue weighted by molar-refractivity contribution is 5.82. The molecule has 3 aromatic rings. The van der Waals surface area contributed by atoms with E-state index in [-0.39, 0.29) is 24.3 Å². The molecule has 3 rings (SSSR count). The van der Waals surface area contributed by atoms with Gasteiger partial charge in [-0.05, 0) is 36.6 Å². The lowest BCUT2D eigenvalue weighted by Gasteiger charge is -2.16. The standard InChI is InChI=1S/C22H24FN3O3/c1-15-6-4-9-20-18(15)14-25-26(20)11-5-10-24-21(27)12-16(13-22(28)29)17-7-2-3-8-19(17)23/h2-4,6-9,14,16H,5,10-13H2,1H3,(H,24,27)(H,28,29). The maximum absolute atomic E-state index is 14.0. The lowest BCUT2D eigenvalue weighted by atomic mass is 9.91. The Bertz CT molecular complexity index is 1020. The number of amides is 1. The number of carbonyl (C=O) groups excluding carboxylic acids is 1. The molecule has 2 N–H and O–H groups in total. The van der Waals surface area contributed by atoms with E-state index in [0.717, 1.165) is 10.9 Å². The molecule has 0 saturated heterocycles. The van der Waals surface area contributed by atoms with E-state index in [9.17, 15) is 14.0 Å². The molecule has 2 aromatic carbocycles. The predicted octanol–water partition coefficient (Wildman–Crippen LogP) is 3.64. The van der Waals surface area contributed by atoms with Crippen LogP contribution in [-0.4, -0.2) is 33.3 Å². The van der Waals surface area contributed by atoms with Gasteiger partial charge in [0.1, 0.15) is 5.82 Å². The Morgan fingerprint density at radius 3 is 2.72 bits per heavy atom. The number of carboxylic acids is 1. The van der Waals surface area contributed by atoms with E-state index in [0.29, 0.717) is 19.5 Å². The number of carbonyl (C=O) groups is 2. The third kappa shape index (κ3) is 5.19. The molecule has 1 amide bonds. The van der Waals surface area contributed by atoms with E-state index in [4.69, 9.17) is 5.11 Å². The first-order valence-electron chi connectivity index (χ1n) is 9.59. The summed E-state index contributed by atoms with van der Waals surface area (Å²) in [6.07, 6.45) is 2.15. The molecule has 0 saturated carbocycles. The van der Waals surface area contributed by atoms with Crippen molar-refractivity contribution in [2.45, 2.75) is 38.6 Å². The van der Waals surface area contributed by atoms with E-state index in [1.807, 2.05) is 36.0 Å². The normalized spacial score (nSPS) is 12.1. The molecule has 0 aliphatic rings. The molecule has 1 heterocycles. The maximum Gasteiger partial charge on any atom is 0.303 e. The molecule has 7 heteroatoms. The first kappa shape index (κ1) is 20.5. The van der Waals surface area contributed by atoms with Gasteiger partial charge in [-0.25, -0.2) is 4.39 Å². The lowest BCUT2D eigenvalue weighted by Crippen LogP contribution is -2.27. The van der Waals surface area contributed by atoms with E-state index in [1.165, 1.54) is 23.8 Å². The highest BCUT2D eigenvalue weighted by atomic mass is 19.1. The Morgan fingerprint density at radius 1 is 1.17 bits per heavy atom. The highest BCUT2D eigenvalue weighted by Gasteiger charge is 2.21. The molecular weight excluding hydrogens is 373 g/mol. The minimum atomic E-state index is -1.06. The summed E-state index contributed by atoms with van der Waals surface area (Å²) in [6.45, 7) is 3.12. The third-order valence-electron chi connectivity index (χ3n) is 4.97. The Kier molecular flexibility index (Phi) is 6.59. The molecule has 0 radical (unpaired) electrons. The quantitative estimate of drug-likeness (QED) is 0.540. The second-order valence-electron chi connectivity index (χ2n) is 7.10. The van der Waals surface area contributed by atoms with Crippen LogP contribution < -0.4 is 5.32 Å². The van der Waals surface area contributed by atoms with Crippen LogP contribution in [0.3, 0.4) is 0 Å². The van der Waals surface area contributed by atoms with Crippen molar-refractivity contribution >= 4 is 22.8 Å². The topological polar surface area (TPSA) is 84.2 Å². The molecular formula is C22H24FN3O3. The Hall–Kier alpha value is -3.22. The number of aromatic nitrogens is 2. The number of aryl methyl sites for hydroxylation is 2. The molecule has 1 unspecified atom stereocenters. The van der Waals surface area contributed by atoms with Crippen LogP contribution in [0, 0.1) is 12.7 Å². The Labute approximate surface area is 168 Å². The molecule has 6 nitrogen and oxygen atoms in total. The Morgan fingerprint density at radius 2 is 1.97 bits per heavy atom. The van der Waals surface area contributed by atoms with Gasteiger partial charge in [0.05, 0.1) is 18.1 Å². The number of nitrogens with one attached hydrogen (secondary N) is 1. The summed E-state index contributed by atoms with van der Waals surface area (Å²) in [4.78, 5) is 23.4. The number of fused-ring (bicyclic) bond motifs is 1. The van der Waals surface area contributed by atoms with Gasteiger partial charge in [-0.1, -0.05) is 30.3 Å². The van der Waals surface area contributed by atoms with Crippen molar-refractivity contribution in [3.63, 3.8) is 0 Å². The lowest BCUT2D eigenvalue weighted by molar-refractivity contribution is -0.137. The highest BCUT2D eigenvalue weighted by Crippen LogP contribution is 2.26. The van der Waals surface area contributed by atoms with Gasteiger partial charge in [-0.3, -0.25) is 14.3 Å². The average Bonchev–Trinajstić information content (AvgIpc) is 3.09. The molecule has 1 atom stereocenters. The number of halogens is 1. The number of hydrogen-bond donors (Lipinski definition) is 2. The summed E-state index contributed by atoms with van der Waals surface area (Å²) in [5.41, 5.74) is 2.47. The molecule has 0 aliphatic heterocycles. The molecule has 152 valence electrons. The number of aliphatic carboxylic acids is 1. The zero-order valence-corrected chi connectivity index (χ0v) is 16.3. The summed E-state index contributed by atoms with van der Waals surface area (Å²) in [5.74, 6) is -2.55. The van der Waals surface area contributed by atoms with Crippen molar-refractivity contribution in [2.24, 2.45) is 0 Å². The van der Waals surface area contributed by atoms with Gasteiger partial charge in [-0.2, -0.15) is 5.10 Å². The van der Waals surface area contributed by atoms with Gasteiger partial charge in [0, 0.05) is 30.8 Å². The van der Waals surface area contributed by atoms with Crippen LogP contribution in [0.4, 0.5) is 4.39 Å². The maximum atomic E-state index is 14.0. The van der Waals surface area contributed by atoms with Gasteiger partial charge in [0.15, 0.2) is 0 Å². The fourth-order valence-corrected chi connectivity index (χ4v) is 3.49. The second-order valence-corrected chi connectivity index (χ2v) is 7.10. The van der Waals surface area contributed by atoms with E-state index in [1.54, 1.807) is 6.07 Å². The van der Waals surface area contributed by atoms with Crippen molar-refractivity contribution in [3.8, 4) is 0 Å². The molecule has 0 bridgehead atoms. The van der Waals surface area contributed by atoms with Gasteiger partial charge < -0.3 is 10.4 Å². The smallest absolute Gasteiger partial charge is 0.303 e. The van der Waals surface area contributed by atoms with Crippen LogP contribution in [-0.2, 0) is 16.1 Å². The largest absolute Gasteiger partial charge is 0.481 e. The van der Waals surface area contributed by atoms with Crippen molar-refractivity contribution in [2.75, 3.05) is 6.54 Å². The predicted molar refractivity (Wildman–Crippen MR) is 108 cm³/mol. The fraction of sp³-hybridized carbons (Fsp3) is 0.318. The van der Waals surface area contributed by atoms with Crippen LogP contribution in [0.1, 0.15) is 36.3 Å². The number of carboxylic acid groups (broad SMARTS) is 1. The number of benzene rings is 2. The zero-order chi connectivity index (χ0) is 20.8. The SMILES string of the molecule is Cc1cccc2c1cnn2CCCNC(=O)CC(CC(=O)O)c1ccccc1F. The summed E-state index contributed by atoms with van der Waals surface area (Å²) in [7, 11) is 0. The van der Waals surface area contributed by atoms with Crippen molar-refractivity contribution < 1.29 is 19.1 Å². The van der Waals surface area contributed by atoms with Crippen LogP contribution in [0.25, 0.3) is 10.9 Å². The number of rotatable bonds is 9. The number of hydrogen-bond acceptors (Lipinski definition) is 3. The molecule has 0 fully saturated rings. The van der Waals surface area contributed by atoms with Gasteiger partial charge in [0.2, 0.25) is 5.91 Å². The summed E-state index contributed by atoms with van der Waals surface area (Å²) in [5, 5.41) is 17.4. The fourth-order valence-electron chi connectivity index (χ4n) is 3.49. The minimum Gasteiger partial charge on any atom is -0.481 e. The van der Waals surface area contributed by atoms with E-state index in [2.05, 4.69) is 10.4 Å². The van der Waals surface area contributed by atoms with E-state index >= 15 is 0 Å². The summed E-state index contributed by atoms with van der Waals surface area (Å²) in [6, 6.07) is 12.0. The third-order valence-corrected chi connectivity index (χ3v) is 4.97. The first-order valence-corrected chi connectivity index (χ1v) is 9.59. The molecule has 0 spiro atoms. The second kappa shape index (κ2) is 9.32. The minimum absolute atomic E-state index is 0.0723. The summed E-state index contributed by atoms with van der Waals surface area (Å²) >= 11 is 0. The van der Waals surface area contributed by atoms with Crippen molar-refractivity contribution in [1.29, 1.82) is 0 Å². The molecule has 0 aliphatic carbocycles. The zero-order valence-electron chi connectivity index (χ0n) is 16.3. The first-order chi connectivity index (χ1) is 14.0. The van der Waals surface area contributed by atoms with Gasteiger partial charge >= 0.3 is 5.97 Å². The summed E-state index contributed by atoms with van der Waals surface area (Å²) < 4.78 is 15.9. The number of nitrogens with zero attached hydrogens (tertiary/aromatic N) is 2.